The van der Waals surface area contributed by atoms with Gasteiger partial charge in [-0.3, -0.25) is 0 Å². The van der Waals surface area contributed by atoms with Crippen LogP contribution >= 0.6 is 0 Å². The minimum atomic E-state index is 1.02. The van der Waals surface area contributed by atoms with Crippen molar-refractivity contribution in [2.75, 3.05) is 6.54 Å². The lowest BCUT2D eigenvalue weighted by Crippen LogP contribution is -2.08. The Labute approximate surface area is 62.7 Å². The Morgan fingerprint density at radius 1 is 1.40 bits per heavy atom. The first-order valence-corrected chi connectivity index (χ1v) is 4.21. The monoisotopic (exact) mass is 140 g/mol. The summed E-state index contributed by atoms with van der Waals surface area (Å²) in [5.74, 6) is 0. The summed E-state index contributed by atoms with van der Waals surface area (Å²) in [6.45, 7) is 3.17. The number of rotatable bonds is 3. The normalized spacial score (nSPS) is 17.5. The third-order valence-corrected chi connectivity index (χ3v) is 1.78. The smallest absolute Gasteiger partial charge is 0.0378 e. The zero-order valence-corrected chi connectivity index (χ0v) is 6.69. The van der Waals surface area contributed by atoms with E-state index >= 15 is 0 Å². The predicted octanol–water partition coefficient (Wildman–Crippen LogP) is 1.92. The van der Waals surface area contributed by atoms with E-state index < -0.39 is 0 Å². The van der Waals surface area contributed by atoms with Crippen molar-refractivity contribution in [1.82, 2.24) is 5.43 Å². The molecular weight excluding hydrogens is 124 g/mol. The number of nitrogens with one attached hydrogen (secondary N) is 1. The van der Waals surface area contributed by atoms with Gasteiger partial charge in [-0.15, -0.1) is 0 Å². The summed E-state index contributed by atoms with van der Waals surface area (Å²) in [6, 6.07) is 0. The van der Waals surface area contributed by atoms with Crippen LogP contribution in [-0.4, -0.2) is 12.3 Å². The highest BCUT2D eigenvalue weighted by Crippen LogP contribution is 2.13. The first-order valence-electron chi connectivity index (χ1n) is 4.21. The molecular formula is C8H16N2. The summed E-state index contributed by atoms with van der Waals surface area (Å²) in [6.07, 6.45) is 6.28. The van der Waals surface area contributed by atoms with Crippen LogP contribution in [0.4, 0.5) is 0 Å². The van der Waals surface area contributed by atoms with Crippen LogP contribution in [0.3, 0.4) is 0 Å². The van der Waals surface area contributed by atoms with Crippen molar-refractivity contribution in [3.63, 3.8) is 0 Å². The molecule has 0 saturated heterocycles. The number of hydrogen-bond acceptors (Lipinski definition) is 2. The highest BCUT2D eigenvalue weighted by molar-refractivity contribution is 5.85. The summed E-state index contributed by atoms with van der Waals surface area (Å²) in [5, 5.41) is 4.28. The van der Waals surface area contributed by atoms with E-state index in [4.69, 9.17) is 0 Å². The quantitative estimate of drug-likeness (QED) is 0.470. The van der Waals surface area contributed by atoms with Crippen LogP contribution in [0.25, 0.3) is 0 Å². The standard InChI is InChI=1S/C8H16N2/c1-2-7-9-10-8-5-3-4-6-8/h9H,2-7H2,1H3. The third kappa shape index (κ3) is 2.38. The Morgan fingerprint density at radius 3 is 2.70 bits per heavy atom. The summed E-state index contributed by atoms with van der Waals surface area (Å²) in [5.41, 5.74) is 4.43. The molecule has 0 heterocycles. The van der Waals surface area contributed by atoms with Crippen molar-refractivity contribution in [3.8, 4) is 0 Å². The average Bonchev–Trinajstić information content (AvgIpc) is 2.41. The zero-order valence-electron chi connectivity index (χ0n) is 6.69. The molecule has 0 radical (unpaired) electrons. The Kier molecular flexibility index (Phi) is 3.27. The van der Waals surface area contributed by atoms with Gasteiger partial charge in [-0.1, -0.05) is 6.92 Å². The maximum absolute atomic E-state index is 4.28. The van der Waals surface area contributed by atoms with Crippen LogP contribution in [0.5, 0.6) is 0 Å². The molecule has 1 N–H and O–H groups in total. The average molecular weight is 140 g/mol. The Balaban J connectivity index is 2.12. The first-order chi connectivity index (χ1) is 4.93. The molecule has 0 aromatic rings. The number of hydrazone groups is 1. The first kappa shape index (κ1) is 7.58. The van der Waals surface area contributed by atoms with E-state index in [9.17, 15) is 0 Å². The fourth-order valence-corrected chi connectivity index (χ4v) is 1.17. The molecule has 2 heteroatoms. The Morgan fingerprint density at radius 2 is 2.10 bits per heavy atom. The minimum absolute atomic E-state index is 1.02. The lowest BCUT2D eigenvalue weighted by atomic mass is 10.3. The SMILES string of the molecule is CCCNN=C1CCCC1. The largest absolute Gasteiger partial charge is 0.310 e. The van der Waals surface area contributed by atoms with E-state index in [0.717, 1.165) is 13.0 Å². The van der Waals surface area contributed by atoms with E-state index in [1.165, 1.54) is 31.4 Å². The van der Waals surface area contributed by atoms with Gasteiger partial charge in [0.2, 0.25) is 0 Å². The van der Waals surface area contributed by atoms with E-state index in [0.29, 0.717) is 0 Å². The molecule has 10 heavy (non-hydrogen) atoms. The maximum atomic E-state index is 4.28. The maximum Gasteiger partial charge on any atom is 0.0378 e. The predicted molar refractivity (Wildman–Crippen MR) is 44.2 cm³/mol. The molecule has 0 bridgehead atoms. The van der Waals surface area contributed by atoms with Crippen molar-refractivity contribution in [2.45, 2.75) is 39.0 Å². The van der Waals surface area contributed by atoms with Gasteiger partial charge in [0.05, 0.1) is 0 Å². The molecule has 1 aliphatic carbocycles. The molecule has 0 amide bonds. The molecule has 2 nitrogen and oxygen atoms in total. The van der Waals surface area contributed by atoms with Gasteiger partial charge in [0.1, 0.15) is 0 Å². The second-order valence-electron chi connectivity index (χ2n) is 2.79. The van der Waals surface area contributed by atoms with Gasteiger partial charge in [0.15, 0.2) is 0 Å². The molecule has 0 aliphatic heterocycles. The van der Waals surface area contributed by atoms with Gasteiger partial charge in [-0.25, -0.2) is 0 Å². The van der Waals surface area contributed by atoms with Crippen molar-refractivity contribution in [3.05, 3.63) is 0 Å². The van der Waals surface area contributed by atoms with Crippen molar-refractivity contribution >= 4 is 5.71 Å². The van der Waals surface area contributed by atoms with Gasteiger partial charge in [0.25, 0.3) is 0 Å². The molecule has 0 spiro atoms. The van der Waals surface area contributed by atoms with E-state index in [1.54, 1.807) is 0 Å². The fourth-order valence-electron chi connectivity index (χ4n) is 1.17. The van der Waals surface area contributed by atoms with Gasteiger partial charge in [0, 0.05) is 12.3 Å². The second kappa shape index (κ2) is 4.31. The van der Waals surface area contributed by atoms with Crippen molar-refractivity contribution in [2.24, 2.45) is 5.10 Å². The molecule has 1 saturated carbocycles. The zero-order chi connectivity index (χ0) is 7.23. The lowest BCUT2D eigenvalue weighted by Gasteiger charge is -1.97. The highest BCUT2D eigenvalue weighted by Gasteiger charge is 2.06. The van der Waals surface area contributed by atoms with Crippen LogP contribution in [-0.2, 0) is 0 Å². The topological polar surface area (TPSA) is 24.4 Å². The fraction of sp³-hybridized carbons (Fsp3) is 0.875. The van der Waals surface area contributed by atoms with E-state index in [2.05, 4.69) is 17.5 Å². The molecule has 0 aromatic heterocycles. The van der Waals surface area contributed by atoms with E-state index in [1.807, 2.05) is 0 Å². The van der Waals surface area contributed by atoms with E-state index in [-0.39, 0.29) is 0 Å². The second-order valence-corrected chi connectivity index (χ2v) is 2.79. The number of hydrogen-bond donors (Lipinski definition) is 1. The van der Waals surface area contributed by atoms with Crippen LogP contribution in [0.1, 0.15) is 39.0 Å². The lowest BCUT2D eigenvalue weighted by molar-refractivity contribution is 0.713. The van der Waals surface area contributed by atoms with Gasteiger partial charge in [-0.05, 0) is 32.1 Å². The van der Waals surface area contributed by atoms with Crippen molar-refractivity contribution in [1.29, 1.82) is 0 Å². The summed E-state index contributed by atoms with van der Waals surface area (Å²) >= 11 is 0. The summed E-state index contributed by atoms with van der Waals surface area (Å²) in [7, 11) is 0. The third-order valence-electron chi connectivity index (χ3n) is 1.78. The summed E-state index contributed by atoms with van der Waals surface area (Å²) in [4.78, 5) is 0. The van der Waals surface area contributed by atoms with Gasteiger partial charge < -0.3 is 5.43 Å². The Hall–Kier alpha value is -0.530. The van der Waals surface area contributed by atoms with Crippen LogP contribution in [0.2, 0.25) is 0 Å². The molecule has 1 aliphatic rings. The molecule has 0 atom stereocenters. The molecule has 0 unspecified atom stereocenters. The van der Waals surface area contributed by atoms with Gasteiger partial charge >= 0.3 is 0 Å². The molecule has 1 rings (SSSR count). The number of nitrogens with zero attached hydrogens (tertiary/aromatic N) is 1. The van der Waals surface area contributed by atoms with Crippen LogP contribution < -0.4 is 5.43 Å². The molecule has 58 valence electrons. The highest BCUT2D eigenvalue weighted by atomic mass is 15.3. The molecule has 1 fully saturated rings. The van der Waals surface area contributed by atoms with Crippen LogP contribution in [0, 0.1) is 0 Å². The summed E-state index contributed by atoms with van der Waals surface area (Å²) < 4.78 is 0. The van der Waals surface area contributed by atoms with Gasteiger partial charge in [-0.2, -0.15) is 5.10 Å². The Bertz CT molecular complexity index is 110. The van der Waals surface area contributed by atoms with Crippen LogP contribution in [0.15, 0.2) is 5.10 Å². The molecule has 0 aromatic carbocycles. The van der Waals surface area contributed by atoms with Crippen molar-refractivity contribution < 1.29 is 0 Å². The minimum Gasteiger partial charge on any atom is -0.310 e.